The largest absolute Gasteiger partial charge is 0.483 e. The molecule has 2 rings (SSSR count). The maximum atomic E-state index is 11.8. The first-order valence-electron chi connectivity index (χ1n) is 7.02. The summed E-state index contributed by atoms with van der Waals surface area (Å²) < 4.78 is 5.51. The van der Waals surface area contributed by atoms with Gasteiger partial charge in [0.2, 0.25) is 0 Å². The average Bonchev–Trinajstić information content (AvgIpc) is 2.48. The second-order valence-electron chi connectivity index (χ2n) is 5.17. The Kier molecular flexibility index (Phi) is 7.86. The minimum Gasteiger partial charge on any atom is -0.483 e. The van der Waals surface area contributed by atoms with Crippen molar-refractivity contribution >= 4 is 29.9 Å². The molecule has 1 heterocycles. The van der Waals surface area contributed by atoms with Gasteiger partial charge in [-0.1, -0.05) is 17.7 Å². The molecule has 1 amide bonds. The molecule has 21 heavy (non-hydrogen) atoms. The van der Waals surface area contributed by atoms with Gasteiger partial charge in [0, 0.05) is 17.1 Å². The Bertz CT molecular complexity index is 463. The first-order chi connectivity index (χ1) is 9.66. The Balaban J connectivity index is 0.00000220. The first-order valence-corrected chi connectivity index (χ1v) is 7.40. The van der Waals surface area contributed by atoms with Crippen molar-refractivity contribution in [3.63, 3.8) is 0 Å². The lowest BCUT2D eigenvalue weighted by Gasteiger charge is -2.22. The van der Waals surface area contributed by atoms with E-state index in [0.29, 0.717) is 23.2 Å². The van der Waals surface area contributed by atoms with Crippen LogP contribution in [0, 0.1) is 12.8 Å². The molecule has 0 aromatic heterocycles. The molecule has 6 heteroatoms. The Morgan fingerprint density at radius 2 is 2.33 bits per heavy atom. The highest BCUT2D eigenvalue weighted by Gasteiger charge is 2.14. The number of benzene rings is 1. The van der Waals surface area contributed by atoms with Gasteiger partial charge < -0.3 is 15.4 Å². The van der Waals surface area contributed by atoms with Gasteiger partial charge in [0.05, 0.1) is 0 Å². The standard InChI is InChI=1S/C15H21ClN2O2.ClH/c1-11-13(16)5-2-6-14(11)20-10-15(19)18-9-12-4-3-7-17-8-12;/h2,5-6,12,17H,3-4,7-10H2,1H3,(H,18,19);1H. The lowest BCUT2D eigenvalue weighted by atomic mass is 10.00. The molecule has 1 saturated heterocycles. The number of carbonyl (C=O) groups is 1. The van der Waals surface area contributed by atoms with Crippen LogP contribution in [-0.4, -0.2) is 32.1 Å². The molecule has 4 nitrogen and oxygen atoms in total. The van der Waals surface area contributed by atoms with Gasteiger partial charge in [-0.2, -0.15) is 0 Å². The number of halogens is 2. The minimum atomic E-state index is -0.0880. The summed E-state index contributed by atoms with van der Waals surface area (Å²) in [7, 11) is 0. The van der Waals surface area contributed by atoms with E-state index in [-0.39, 0.29) is 24.9 Å². The molecule has 1 atom stereocenters. The topological polar surface area (TPSA) is 50.4 Å². The second kappa shape index (κ2) is 9.13. The molecule has 1 aliphatic heterocycles. The van der Waals surface area contributed by atoms with Crippen molar-refractivity contribution in [2.45, 2.75) is 19.8 Å². The van der Waals surface area contributed by atoms with E-state index in [9.17, 15) is 4.79 Å². The minimum absolute atomic E-state index is 0. The molecule has 1 fully saturated rings. The number of amides is 1. The van der Waals surface area contributed by atoms with E-state index in [1.807, 2.05) is 19.1 Å². The molecule has 1 aromatic carbocycles. The molecule has 1 aromatic rings. The van der Waals surface area contributed by atoms with Crippen molar-refractivity contribution in [2.24, 2.45) is 5.92 Å². The Morgan fingerprint density at radius 1 is 1.52 bits per heavy atom. The Hall–Kier alpha value is -0.970. The van der Waals surface area contributed by atoms with Crippen LogP contribution in [0.1, 0.15) is 18.4 Å². The summed E-state index contributed by atoms with van der Waals surface area (Å²) in [6.07, 6.45) is 2.35. The van der Waals surface area contributed by atoms with Gasteiger partial charge in [-0.3, -0.25) is 4.79 Å². The molecule has 2 N–H and O–H groups in total. The summed E-state index contributed by atoms with van der Waals surface area (Å²) in [4.78, 5) is 11.8. The Labute approximate surface area is 137 Å². The molecule has 0 bridgehead atoms. The number of hydrogen-bond acceptors (Lipinski definition) is 3. The van der Waals surface area contributed by atoms with Crippen molar-refractivity contribution in [2.75, 3.05) is 26.2 Å². The number of carbonyl (C=O) groups excluding carboxylic acids is 1. The van der Waals surface area contributed by atoms with Gasteiger partial charge in [-0.05, 0) is 50.9 Å². The van der Waals surface area contributed by atoms with Gasteiger partial charge in [0.15, 0.2) is 6.61 Å². The van der Waals surface area contributed by atoms with Gasteiger partial charge >= 0.3 is 0 Å². The monoisotopic (exact) mass is 332 g/mol. The highest BCUT2D eigenvalue weighted by Crippen LogP contribution is 2.24. The highest BCUT2D eigenvalue weighted by molar-refractivity contribution is 6.31. The lowest BCUT2D eigenvalue weighted by molar-refractivity contribution is -0.123. The number of nitrogens with one attached hydrogen (secondary N) is 2. The molecule has 1 aliphatic rings. The van der Waals surface area contributed by atoms with E-state index in [1.54, 1.807) is 6.07 Å². The van der Waals surface area contributed by atoms with Crippen molar-refractivity contribution in [1.29, 1.82) is 0 Å². The number of piperidine rings is 1. The SMILES string of the molecule is Cc1c(Cl)cccc1OCC(=O)NCC1CCCNC1.Cl. The fraction of sp³-hybridized carbons (Fsp3) is 0.533. The molecule has 0 radical (unpaired) electrons. The zero-order valence-corrected chi connectivity index (χ0v) is 13.7. The van der Waals surface area contributed by atoms with E-state index in [1.165, 1.54) is 12.8 Å². The van der Waals surface area contributed by atoms with Crippen LogP contribution in [0.3, 0.4) is 0 Å². The fourth-order valence-electron chi connectivity index (χ4n) is 2.29. The van der Waals surface area contributed by atoms with Gasteiger partial charge in [-0.25, -0.2) is 0 Å². The zero-order chi connectivity index (χ0) is 14.4. The summed E-state index contributed by atoms with van der Waals surface area (Å²) >= 11 is 6.00. The van der Waals surface area contributed by atoms with E-state index in [2.05, 4.69) is 10.6 Å². The smallest absolute Gasteiger partial charge is 0.257 e. The van der Waals surface area contributed by atoms with Crippen molar-refractivity contribution in [3.05, 3.63) is 28.8 Å². The number of ether oxygens (including phenoxy) is 1. The number of hydrogen-bond donors (Lipinski definition) is 2. The van der Waals surface area contributed by atoms with Gasteiger partial charge in [0.1, 0.15) is 5.75 Å². The summed E-state index contributed by atoms with van der Waals surface area (Å²) in [6, 6.07) is 5.44. The predicted octanol–water partition coefficient (Wildman–Crippen LogP) is 2.56. The van der Waals surface area contributed by atoms with E-state index >= 15 is 0 Å². The van der Waals surface area contributed by atoms with Crippen LogP contribution in [0.5, 0.6) is 5.75 Å². The van der Waals surface area contributed by atoms with Gasteiger partial charge in [-0.15, -0.1) is 12.4 Å². The summed E-state index contributed by atoms with van der Waals surface area (Å²) in [5.41, 5.74) is 0.860. The predicted molar refractivity (Wildman–Crippen MR) is 87.5 cm³/mol. The van der Waals surface area contributed by atoms with Crippen LogP contribution < -0.4 is 15.4 Å². The third-order valence-electron chi connectivity index (χ3n) is 3.56. The average molecular weight is 333 g/mol. The van der Waals surface area contributed by atoms with E-state index in [0.717, 1.165) is 18.7 Å². The fourth-order valence-corrected chi connectivity index (χ4v) is 2.46. The van der Waals surface area contributed by atoms with Crippen LogP contribution in [0.25, 0.3) is 0 Å². The van der Waals surface area contributed by atoms with Crippen molar-refractivity contribution in [1.82, 2.24) is 10.6 Å². The molecular formula is C15H22Cl2N2O2. The lowest BCUT2D eigenvalue weighted by Crippen LogP contribution is -2.39. The van der Waals surface area contributed by atoms with Crippen LogP contribution >= 0.6 is 24.0 Å². The summed E-state index contributed by atoms with van der Waals surface area (Å²) in [5, 5.41) is 6.90. The van der Waals surface area contributed by atoms with Crippen LogP contribution in [0.15, 0.2) is 18.2 Å². The van der Waals surface area contributed by atoms with Gasteiger partial charge in [0.25, 0.3) is 5.91 Å². The van der Waals surface area contributed by atoms with Crippen molar-refractivity contribution < 1.29 is 9.53 Å². The Morgan fingerprint density at radius 3 is 3.05 bits per heavy atom. The summed E-state index contributed by atoms with van der Waals surface area (Å²) in [6.45, 7) is 4.68. The molecule has 0 saturated carbocycles. The number of rotatable bonds is 5. The van der Waals surface area contributed by atoms with E-state index < -0.39 is 0 Å². The maximum absolute atomic E-state index is 11.8. The molecule has 1 unspecified atom stereocenters. The molecular weight excluding hydrogens is 311 g/mol. The van der Waals surface area contributed by atoms with E-state index in [4.69, 9.17) is 16.3 Å². The van der Waals surface area contributed by atoms with Crippen LogP contribution in [0.4, 0.5) is 0 Å². The van der Waals surface area contributed by atoms with Crippen LogP contribution in [0.2, 0.25) is 5.02 Å². The quantitative estimate of drug-likeness (QED) is 0.871. The molecule has 0 aliphatic carbocycles. The highest BCUT2D eigenvalue weighted by atomic mass is 35.5. The molecule has 0 spiro atoms. The molecule has 118 valence electrons. The first kappa shape index (κ1) is 18.1. The third kappa shape index (κ3) is 5.73. The summed E-state index contributed by atoms with van der Waals surface area (Å²) in [5.74, 6) is 1.10. The van der Waals surface area contributed by atoms with Crippen LogP contribution in [-0.2, 0) is 4.79 Å². The third-order valence-corrected chi connectivity index (χ3v) is 3.97. The second-order valence-corrected chi connectivity index (χ2v) is 5.58. The normalized spacial score (nSPS) is 17.7. The van der Waals surface area contributed by atoms with Crippen molar-refractivity contribution in [3.8, 4) is 5.75 Å². The zero-order valence-electron chi connectivity index (χ0n) is 12.2. The maximum Gasteiger partial charge on any atom is 0.257 e.